The zero-order valence-electron chi connectivity index (χ0n) is 37.2. The van der Waals surface area contributed by atoms with Gasteiger partial charge in [0.15, 0.2) is 0 Å². The summed E-state index contributed by atoms with van der Waals surface area (Å²) in [6.07, 6.45) is 0. The SMILES string of the molecule is c1ccc(N(c2cccc(C3(c4ccccc4)c4ccccc4-c4ccccc43)c2)c2cccc3c4cc(-n5c6ccccc6c6ccc7ccccc7c65)ccc4n(-c4ccccc4)c23)cc1. The van der Waals surface area contributed by atoms with Crippen molar-refractivity contribution >= 4 is 71.4 Å². The van der Waals surface area contributed by atoms with Gasteiger partial charge >= 0.3 is 0 Å². The molecule has 1 aliphatic carbocycles. The first-order valence-electron chi connectivity index (χ1n) is 23.5. The van der Waals surface area contributed by atoms with E-state index in [9.17, 15) is 0 Å². The maximum atomic E-state index is 2.48. The minimum absolute atomic E-state index is 0.535. The molecule has 0 fully saturated rings. The highest BCUT2D eigenvalue weighted by molar-refractivity contribution is 6.19. The largest absolute Gasteiger partial charge is 0.309 e. The summed E-state index contributed by atoms with van der Waals surface area (Å²) in [4.78, 5) is 2.47. The Labute approximate surface area is 394 Å². The van der Waals surface area contributed by atoms with Crippen molar-refractivity contribution < 1.29 is 0 Å². The molecule has 2 heterocycles. The molecular formula is C65H43N3. The van der Waals surface area contributed by atoms with Crippen LogP contribution in [0.2, 0.25) is 0 Å². The molecule has 0 unspecified atom stereocenters. The molecule has 3 heteroatoms. The van der Waals surface area contributed by atoms with E-state index in [1.807, 2.05) is 0 Å². The smallest absolute Gasteiger partial charge is 0.0782 e. The summed E-state index contributed by atoms with van der Waals surface area (Å²) in [7, 11) is 0. The van der Waals surface area contributed by atoms with Gasteiger partial charge in [0, 0.05) is 49.7 Å². The Bertz CT molecular complexity index is 4040. The van der Waals surface area contributed by atoms with Crippen molar-refractivity contribution in [2.75, 3.05) is 4.90 Å². The van der Waals surface area contributed by atoms with Gasteiger partial charge in [0.1, 0.15) is 0 Å². The van der Waals surface area contributed by atoms with Gasteiger partial charge in [-0.05, 0) is 105 Å². The second kappa shape index (κ2) is 15.1. The topological polar surface area (TPSA) is 13.1 Å². The van der Waals surface area contributed by atoms with Gasteiger partial charge in [-0.3, -0.25) is 0 Å². The van der Waals surface area contributed by atoms with Crippen molar-refractivity contribution in [3.05, 3.63) is 283 Å². The molecular weight excluding hydrogens is 823 g/mol. The van der Waals surface area contributed by atoms with Crippen molar-refractivity contribution in [1.82, 2.24) is 9.13 Å². The molecule has 0 atom stereocenters. The first-order chi connectivity index (χ1) is 33.8. The zero-order valence-corrected chi connectivity index (χ0v) is 37.2. The molecule has 1 aliphatic rings. The number of hydrogen-bond donors (Lipinski definition) is 0. The van der Waals surface area contributed by atoms with E-state index in [1.165, 1.54) is 76.7 Å². The van der Waals surface area contributed by atoms with Crippen LogP contribution in [0.3, 0.4) is 0 Å². The highest BCUT2D eigenvalue weighted by Crippen LogP contribution is 2.57. The lowest BCUT2D eigenvalue weighted by Gasteiger charge is -2.35. The lowest BCUT2D eigenvalue weighted by molar-refractivity contribution is 0.768. The summed E-state index contributed by atoms with van der Waals surface area (Å²) < 4.78 is 4.95. The van der Waals surface area contributed by atoms with E-state index >= 15 is 0 Å². The third kappa shape index (κ3) is 5.47. The highest BCUT2D eigenvalue weighted by Gasteiger charge is 2.46. The fourth-order valence-corrected chi connectivity index (χ4v) is 11.8. The van der Waals surface area contributed by atoms with Crippen LogP contribution in [0.25, 0.3) is 76.9 Å². The standard InChI is InChI=1S/C65H43N3/c1-4-21-45(22-5-1)65(58-34-15-12-30-52(58)53-31-13-16-35-59(53)65)46-23-18-28-49(42-46)66(47-24-6-2-7-25-47)62-37-19-33-55-57-43-50(39-41-61(57)67(64(55)62)48-26-8-3-9-27-48)68-60-36-17-14-32-54(60)56-40-38-44-20-10-11-29-51(44)63(56)68/h1-43H. The minimum atomic E-state index is -0.535. The second-order valence-electron chi connectivity index (χ2n) is 18.0. The number of nitrogens with zero attached hydrogens (tertiary/aromatic N) is 3. The van der Waals surface area contributed by atoms with Crippen LogP contribution in [-0.2, 0) is 5.41 Å². The Kier molecular flexibility index (Phi) is 8.50. The van der Waals surface area contributed by atoms with Gasteiger partial charge in [-0.1, -0.05) is 194 Å². The number of para-hydroxylation sites is 4. The Morgan fingerprint density at radius 3 is 1.65 bits per heavy atom. The van der Waals surface area contributed by atoms with Crippen LogP contribution in [0, 0.1) is 0 Å². The number of hydrogen-bond acceptors (Lipinski definition) is 1. The van der Waals surface area contributed by atoms with Gasteiger partial charge in [-0.15, -0.1) is 0 Å². The summed E-state index contributed by atoms with van der Waals surface area (Å²) in [5.74, 6) is 0. The first kappa shape index (κ1) is 38.4. The molecule has 11 aromatic carbocycles. The highest BCUT2D eigenvalue weighted by atomic mass is 15.2. The molecule has 0 bridgehead atoms. The van der Waals surface area contributed by atoms with E-state index in [-0.39, 0.29) is 0 Å². The average Bonchev–Trinajstić information content (AvgIpc) is 4.04. The van der Waals surface area contributed by atoms with Crippen LogP contribution < -0.4 is 4.90 Å². The predicted octanol–water partition coefficient (Wildman–Crippen LogP) is 16.9. The summed E-state index contributed by atoms with van der Waals surface area (Å²) in [6, 6.07) is 96.1. The van der Waals surface area contributed by atoms with E-state index in [1.54, 1.807) is 0 Å². The number of aromatic nitrogens is 2. The lowest BCUT2D eigenvalue weighted by atomic mass is 9.67. The Morgan fingerprint density at radius 2 is 0.868 bits per heavy atom. The Balaban J connectivity index is 1.05. The summed E-state index contributed by atoms with van der Waals surface area (Å²) in [5.41, 5.74) is 17.3. The molecule has 0 saturated carbocycles. The molecule has 68 heavy (non-hydrogen) atoms. The average molecular weight is 866 g/mol. The zero-order chi connectivity index (χ0) is 44.8. The predicted molar refractivity (Wildman–Crippen MR) is 285 cm³/mol. The monoisotopic (exact) mass is 865 g/mol. The molecule has 3 nitrogen and oxygen atoms in total. The van der Waals surface area contributed by atoms with Gasteiger partial charge in [0.05, 0.1) is 33.2 Å². The maximum Gasteiger partial charge on any atom is 0.0782 e. The molecule has 0 N–H and O–H groups in total. The molecule has 2 aromatic heterocycles. The van der Waals surface area contributed by atoms with Crippen molar-refractivity contribution in [1.29, 1.82) is 0 Å². The van der Waals surface area contributed by atoms with E-state index in [4.69, 9.17) is 0 Å². The van der Waals surface area contributed by atoms with Crippen LogP contribution in [-0.4, -0.2) is 9.13 Å². The van der Waals surface area contributed by atoms with E-state index in [0.717, 1.165) is 39.5 Å². The second-order valence-corrected chi connectivity index (χ2v) is 18.0. The maximum absolute atomic E-state index is 2.48. The quantitative estimate of drug-likeness (QED) is 0.156. The number of fused-ring (bicyclic) bond motifs is 11. The molecule has 0 saturated heterocycles. The minimum Gasteiger partial charge on any atom is -0.309 e. The molecule has 0 spiro atoms. The van der Waals surface area contributed by atoms with Crippen LogP contribution in [0.15, 0.2) is 261 Å². The number of benzene rings is 11. The van der Waals surface area contributed by atoms with Gasteiger partial charge in [0.2, 0.25) is 0 Å². The molecule has 0 aliphatic heterocycles. The summed E-state index contributed by atoms with van der Waals surface area (Å²) in [5, 5.41) is 7.37. The molecule has 318 valence electrons. The number of rotatable bonds is 7. The fourth-order valence-electron chi connectivity index (χ4n) is 11.8. The molecule has 0 amide bonds. The van der Waals surface area contributed by atoms with Crippen LogP contribution in [0.4, 0.5) is 17.1 Å². The van der Waals surface area contributed by atoms with Crippen molar-refractivity contribution in [2.24, 2.45) is 0 Å². The lowest BCUT2D eigenvalue weighted by Crippen LogP contribution is -2.28. The van der Waals surface area contributed by atoms with Crippen molar-refractivity contribution in [2.45, 2.75) is 5.41 Å². The van der Waals surface area contributed by atoms with Gasteiger partial charge in [-0.25, -0.2) is 0 Å². The Hall–Kier alpha value is -8.92. The van der Waals surface area contributed by atoms with Gasteiger partial charge in [-0.2, -0.15) is 0 Å². The van der Waals surface area contributed by atoms with E-state index in [2.05, 4.69) is 275 Å². The summed E-state index contributed by atoms with van der Waals surface area (Å²) in [6.45, 7) is 0. The van der Waals surface area contributed by atoms with Crippen molar-refractivity contribution in [3.63, 3.8) is 0 Å². The third-order valence-corrected chi connectivity index (χ3v) is 14.5. The van der Waals surface area contributed by atoms with E-state index in [0.29, 0.717) is 0 Å². The van der Waals surface area contributed by atoms with Gasteiger partial charge < -0.3 is 14.0 Å². The molecule has 14 rings (SSSR count). The summed E-state index contributed by atoms with van der Waals surface area (Å²) >= 11 is 0. The van der Waals surface area contributed by atoms with Crippen LogP contribution >= 0.6 is 0 Å². The number of anilines is 3. The van der Waals surface area contributed by atoms with Crippen LogP contribution in [0.5, 0.6) is 0 Å². The van der Waals surface area contributed by atoms with Crippen molar-refractivity contribution in [3.8, 4) is 22.5 Å². The van der Waals surface area contributed by atoms with E-state index < -0.39 is 5.41 Å². The first-order valence-corrected chi connectivity index (χ1v) is 23.5. The van der Waals surface area contributed by atoms with Gasteiger partial charge in [0.25, 0.3) is 0 Å². The normalized spacial score (nSPS) is 12.8. The van der Waals surface area contributed by atoms with Crippen LogP contribution in [0.1, 0.15) is 22.3 Å². The molecule has 0 radical (unpaired) electrons. The molecule has 13 aromatic rings. The fraction of sp³-hybridized carbons (Fsp3) is 0.0154. The Morgan fingerprint density at radius 1 is 0.309 bits per heavy atom. The third-order valence-electron chi connectivity index (χ3n) is 14.5.